The van der Waals surface area contributed by atoms with Gasteiger partial charge < -0.3 is 4.52 Å². The van der Waals surface area contributed by atoms with Gasteiger partial charge in [-0.3, -0.25) is 0 Å². The summed E-state index contributed by atoms with van der Waals surface area (Å²) < 4.78 is 54.7. The molecule has 9 heteroatoms. The molecule has 1 atom stereocenters. The molecule has 1 aromatic rings. The molecule has 1 unspecified atom stereocenters. The zero-order valence-corrected chi connectivity index (χ0v) is 14.4. The molecule has 0 aliphatic rings. The number of hydrogen-bond acceptors (Lipinski definition) is 1. The third-order valence-corrected chi connectivity index (χ3v) is 2.14. The summed E-state index contributed by atoms with van der Waals surface area (Å²) in [7, 11) is -0.500. The van der Waals surface area contributed by atoms with Crippen molar-refractivity contribution in [3.63, 3.8) is 0 Å². The summed E-state index contributed by atoms with van der Waals surface area (Å²) in [6.45, 7) is 22.5. The molecular weight excluding hydrogens is 474 g/mol. The summed E-state index contributed by atoms with van der Waals surface area (Å²) in [5.74, 6) is 0. The van der Waals surface area contributed by atoms with Gasteiger partial charge in [-0.1, -0.05) is 18.2 Å². The van der Waals surface area contributed by atoms with E-state index in [0.717, 1.165) is 0 Å². The van der Waals surface area contributed by atoms with Gasteiger partial charge in [0.1, 0.15) is 0 Å². The minimum atomic E-state index is -1.87. The molecule has 0 fully saturated rings. The monoisotopic (exact) mass is 482 g/mol. The summed E-state index contributed by atoms with van der Waals surface area (Å²) in [6.07, 6.45) is 0. The second-order valence-corrected chi connectivity index (χ2v) is 3.13. The molecule has 0 radical (unpaired) electrons. The molecule has 0 aliphatic carbocycles. The van der Waals surface area contributed by atoms with E-state index >= 15 is 0 Å². The maximum absolute atomic E-state index is 12.7. The molecule has 0 bridgehead atoms. The minimum absolute atomic E-state index is 0. The van der Waals surface area contributed by atoms with Crippen LogP contribution in [-0.2, 0) is 48.8 Å². The second kappa shape index (κ2) is 50.9. The molecule has 1 rings (SSSR count). The number of rotatable bonds is 2. The molecule has 110 valence electrons. The Bertz CT molecular complexity index is 342. The van der Waals surface area contributed by atoms with E-state index in [1.165, 1.54) is 7.11 Å². The summed E-state index contributed by atoms with van der Waals surface area (Å²) in [5.41, 5.74) is 0. The summed E-state index contributed by atoms with van der Waals surface area (Å²) in [4.78, 5) is 0. The molecular formula is C12H8FO6PW. The minimum Gasteiger partial charge on any atom is 0 e. The fourth-order valence-electron chi connectivity index (χ4n) is 0.651. The van der Waals surface area contributed by atoms with Crippen LogP contribution >= 0.6 is 8.46 Å². The molecule has 0 heterocycles. The van der Waals surface area contributed by atoms with Crippen molar-refractivity contribution in [2.75, 3.05) is 7.11 Å². The fraction of sp³-hybridized carbons (Fsp3) is 0.0833. The third kappa shape index (κ3) is 32.5. The second-order valence-electron chi connectivity index (χ2n) is 1.76. The van der Waals surface area contributed by atoms with Crippen molar-refractivity contribution in [1.29, 1.82) is 0 Å². The van der Waals surface area contributed by atoms with Crippen molar-refractivity contribution in [1.82, 2.24) is 0 Å². The van der Waals surface area contributed by atoms with E-state index in [-0.39, 0.29) is 21.1 Å². The first-order chi connectivity index (χ1) is 9.84. The maximum Gasteiger partial charge on any atom is 0 e. The van der Waals surface area contributed by atoms with Crippen LogP contribution in [0.5, 0.6) is 0 Å². The number of benzene rings is 1. The Balaban J connectivity index is -0.0000000440. The Morgan fingerprint density at radius 1 is 0.810 bits per heavy atom. The number of halogens is 1. The van der Waals surface area contributed by atoms with E-state index in [9.17, 15) is 4.20 Å². The Morgan fingerprint density at radius 2 is 1.10 bits per heavy atom. The van der Waals surface area contributed by atoms with Crippen LogP contribution in [0.2, 0.25) is 0 Å². The quantitative estimate of drug-likeness (QED) is 0.359. The topological polar surface area (TPSA) is 109 Å². The first-order valence-corrected chi connectivity index (χ1v) is 5.07. The Morgan fingerprint density at radius 3 is 1.33 bits per heavy atom. The van der Waals surface area contributed by atoms with Crippen molar-refractivity contribution in [2.24, 2.45) is 0 Å². The predicted molar refractivity (Wildman–Crippen MR) is 60.8 cm³/mol. The Kier molecular flexibility index (Phi) is 89.3. The van der Waals surface area contributed by atoms with Crippen LogP contribution in [-0.4, -0.2) is 7.11 Å². The SMILES string of the molecule is COP(F)c1ccccc1.[C-]#[O+].[C-]#[O+].[C-]#[O+].[C-]#[O+].[C-]#[O+].[W]. The van der Waals surface area contributed by atoms with Crippen LogP contribution in [0.1, 0.15) is 0 Å². The van der Waals surface area contributed by atoms with Crippen LogP contribution in [0.3, 0.4) is 0 Å². The first-order valence-electron chi connectivity index (χ1n) is 3.91. The van der Waals surface area contributed by atoms with Crippen molar-refractivity contribution >= 4 is 13.8 Å². The van der Waals surface area contributed by atoms with Gasteiger partial charge in [0, 0.05) is 33.5 Å². The van der Waals surface area contributed by atoms with Crippen molar-refractivity contribution < 1.29 is 53.0 Å². The molecule has 21 heavy (non-hydrogen) atoms. The van der Waals surface area contributed by atoms with Gasteiger partial charge in [0.2, 0.25) is 0 Å². The average Bonchev–Trinajstić information content (AvgIpc) is 2.63. The Hall–Kier alpha value is -1.07. The van der Waals surface area contributed by atoms with Crippen LogP contribution in [0, 0.1) is 33.3 Å². The molecule has 0 spiro atoms. The van der Waals surface area contributed by atoms with E-state index in [4.69, 9.17) is 23.3 Å². The van der Waals surface area contributed by atoms with Gasteiger partial charge in [-0.15, -0.1) is 0 Å². The zero-order valence-electron chi connectivity index (χ0n) is 10.6. The molecule has 1 aromatic carbocycles. The molecule has 6 nitrogen and oxygen atoms in total. The van der Waals surface area contributed by atoms with Gasteiger partial charge in [-0.05, 0) is 12.1 Å². The molecule has 0 saturated heterocycles. The molecule has 0 aliphatic heterocycles. The molecule has 0 saturated carbocycles. The van der Waals surface area contributed by atoms with Crippen molar-refractivity contribution in [3.8, 4) is 0 Å². The van der Waals surface area contributed by atoms with Gasteiger partial charge in [-0.25, -0.2) is 0 Å². The van der Waals surface area contributed by atoms with Gasteiger partial charge in [-0.2, -0.15) is 4.20 Å². The third-order valence-electron chi connectivity index (χ3n) is 1.12. The van der Waals surface area contributed by atoms with Gasteiger partial charge in [0.15, 0.2) is 0 Å². The summed E-state index contributed by atoms with van der Waals surface area (Å²) in [5, 5.41) is 0.625. The average molecular weight is 482 g/mol. The Labute approximate surface area is 137 Å². The molecule has 0 amide bonds. The molecule has 0 aromatic heterocycles. The van der Waals surface area contributed by atoms with Gasteiger partial charge in [0.05, 0.1) is 0 Å². The van der Waals surface area contributed by atoms with E-state index in [1.54, 1.807) is 24.3 Å². The van der Waals surface area contributed by atoms with Crippen molar-refractivity contribution in [2.45, 2.75) is 0 Å². The normalized spacial score (nSPS) is 6.67. The largest absolute Gasteiger partial charge is 0 e. The maximum atomic E-state index is 12.7. The van der Waals surface area contributed by atoms with Gasteiger partial charge in [0.25, 0.3) is 8.46 Å². The van der Waals surface area contributed by atoms with E-state index in [2.05, 4.69) is 37.8 Å². The van der Waals surface area contributed by atoms with Crippen LogP contribution in [0.4, 0.5) is 4.20 Å². The zero-order chi connectivity index (χ0) is 17.4. The van der Waals surface area contributed by atoms with Crippen molar-refractivity contribution in [3.05, 3.63) is 63.6 Å². The van der Waals surface area contributed by atoms with Crippen LogP contribution in [0.25, 0.3) is 0 Å². The number of hydrogen-bond donors (Lipinski definition) is 0. The summed E-state index contributed by atoms with van der Waals surface area (Å²) >= 11 is 0. The molecule has 0 N–H and O–H groups in total. The first kappa shape index (κ1) is 36.8. The smallest absolute Gasteiger partial charge is 0 e. The van der Waals surface area contributed by atoms with Gasteiger partial charge >= 0.3 is 56.5 Å². The van der Waals surface area contributed by atoms with Crippen LogP contribution in [0.15, 0.2) is 30.3 Å². The standard InChI is InChI=1S/C7H8FOP.5CO.W/c1-9-10(8)7-5-3-2-4-6-7;5*1-2;/h2-6H,1H3;;;;;;. The predicted octanol–water partition coefficient (Wildman–Crippen LogP) is 2.05. The van der Waals surface area contributed by atoms with E-state index < -0.39 is 8.46 Å². The fourth-order valence-corrected chi connectivity index (χ4v) is 1.27. The van der Waals surface area contributed by atoms with Crippen LogP contribution < -0.4 is 5.30 Å². The summed E-state index contributed by atoms with van der Waals surface area (Å²) in [6, 6.07) is 8.87. The van der Waals surface area contributed by atoms with E-state index in [1.807, 2.05) is 6.07 Å². The van der Waals surface area contributed by atoms with E-state index in [0.29, 0.717) is 5.30 Å².